The maximum absolute atomic E-state index is 13.1. The maximum Gasteiger partial charge on any atom is 0.180 e. The highest BCUT2D eigenvalue weighted by molar-refractivity contribution is 6.30. The van der Waals surface area contributed by atoms with Crippen LogP contribution in [0.3, 0.4) is 0 Å². The lowest BCUT2D eigenvalue weighted by molar-refractivity contribution is -0.688. The Labute approximate surface area is 204 Å². The van der Waals surface area contributed by atoms with Crippen molar-refractivity contribution in [3.05, 3.63) is 93.8 Å². The van der Waals surface area contributed by atoms with Crippen LogP contribution in [0.2, 0.25) is 5.02 Å². The average molecular weight is 515 g/mol. The molecule has 0 amide bonds. The number of ether oxygens (including phenoxy) is 1. The quantitative estimate of drug-likeness (QED) is 0.373. The minimum atomic E-state index is -0.122. The zero-order valence-electron chi connectivity index (χ0n) is 18.1. The Bertz CT molecular complexity index is 1160. The van der Waals surface area contributed by atoms with Gasteiger partial charge in [-0.15, -0.1) is 0 Å². The van der Waals surface area contributed by atoms with Crippen molar-refractivity contribution in [1.82, 2.24) is 0 Å². The van der Waals surface area contributed by atoms with E-state index in [2.05, 4.69) is 0 Å². The van der Waals surface area contributed by atoms with E-state index in [1.54, 1.807) is 14.0 Å². The van der Waals surface area contributed by atoms with Crippen molar-refractivity contribution in [1.29, 1.82) is 0 Å². The number of carbonyl (C=O) groups is 2. The van der Waals surface area contributed by atoms with Crippen molar-refractivity contribution < 1.29 is 35.9 Å². The van der Waals surface area contributed by atoms with Gasteiger partial charge in [0.05, 0.1) is 12.7 Å². The van der Waals surface area contributed by atoms with E-state index in [1.807, 2.05) is 65.5 Å². The monoisotopic (exact) mass is 513 g/mol. The fourth-order valence-corrected chi connectivity index (χ4v) is 4.50. The summed E-state index contributed by atoms with van der Waals surface area (Å²) in [5.74, 6) is 0.803. The summed E-state index contributed by atoms with van der Waals surface area (Å²) in [6.07, 6.45) is 6.02. The van der Waals surface area contributed by atoms with E-state index in [1.165, 1.54) is 0 Å². The van der Waals surface area contributed by atoms with Crippen LogP contribution < -0.4 is 26.3 Å². The van der Waals surface area contributed by atoms with Crippen LogP contribution >= 0.6 is 11.6 Å². The van der Waals surface area contributed by atoms with Gasteiger partial charge in [0.2, 0.25) is 0 Å². The first-order chi connectivity index (χ1) is 14.9. The zero-order valence-corrected chi connectivity index (χ0v) is 20.4. The number of carbonyl (C=O) groups excluding carboxylic acids is 2. The largest absolute Gasteiger partial charge is 1.00 e. The fraction of sp³-hybridized carbons (Fsp3) is 0.269. The number of nitrogens with zero attached hydrogens (tertiary/aromatic N) is 1. The van der Waals surface area contributed by atoms with Crippen molar-refractivity contribution in [2.45, 2.75) is 32.7 Å². The molecule has 0 fully saturated rings. The topological polar surface area (TPSA) is 47.2 Å². The zero-order chi connectivity index (χ0) is 22.0. The molecule has 1 aliphatic carbocycles. The Morgan fingerprint density at radius 1 is 1.19 bits per heavy atom. The molecule has 2 aromatic carbocycles. The van der Waals surface area contributed by atoms with E-state index in [0.717, 1.165) is 40.8 Å². The Balaban J connectivity index is 0.00000289. The third kappa shape index (κ3) is 5.28. The second kappa shape index (κ2) is 10.4. The molecule has 0 aliphatic heterocycles. The third-order valence-corrected chi connectivity index (χ3v) is 6.15. The van der Waals surface area contributed by atoms with Gasteiger partial charge in [-0.3, -0.25) is 9.59 Å². The van der Waals surface area contributed by atoms with E-state index in [4.69, 9.17) is 16.3 Å². The molecule has 0 radical (unpaired) electrons. The molecule has 6 heteroatoms. The molecule has 166 valence electrons. The molecule has 0 spiro atoms. The molecule has 0 bridgehead atoms. The normalized spacial score (nSPS) is 15.0. The third-order valence-electron chi connectivity index (χ3n) is 5.92. The molecular weight excluding hydrogens is 490 g/mol. The second-order valence-electron chi connectivity index (χ2n) is 8.07. The molecule has 1 unspecified atom stereocenters. The van der Waals surface area contributed by atoms with Crippen LogP contribution in [0.15, 0.2) is 60.9 Å². The number of methoxy groups -OCH3 is 1. The number of benzene rings is 2. The summed E-state index contributed by atoms with van der Waals surface area (Å²) in [6, 6.07) is 15.3. The SMILES string of the molecule is COc1ccc2c(c1)CCC(Cc1cc[n+](Cc3cccc(Cl)c3)cc1C(C)=O)C2=O.[Br-]. The minimum absolute atomic E-state index is 0. The lowest BCUT2D eigenvalue weighted by Gasteiger charge is -2.24. The van der Waals surface area contributed by atoms with Crippen molar-refractivity contribution in [3.8, 4) is 5.75 Å². The molecule has 32 heavy (non-hydrogen) atoms. The van der Waals surface area contributed by atoms with Crippen molar-refractivity contribution in [2.75, 3.05) is 7.11 Å². The van der Waals surface area contributed by atoms with E-state index in [9.17, 15) is 9.59 Å². The highest BCUT2D eigenvalue weighted by atomic mass is 79.9. The van der Waals surface area contributed by atoms with E-state index < -0.39 is 0 Å². The highest BCUT2D eigenvalue weighted by Gasteiger charge is 2.29. The summed E-state index contributed by atoms with van der Waals surface area (Å²) in [4.78, 5) is 25.5. The molecule has 3 aromatic rings. The summed E-state index contributed by atoms with van der Waals surface area (Å²) in [6.45, 7) is 2.20. The molecule has 0 saturated carbocycles. The van der Waals surface area contributed by atoms with Crippen LogP contribution in [-0.2, 0) is 19.4 Å². The summed E-state index contributed by atoms with van der Waals surface area (Å²) in [5, 5.41) is 0.690. The number of hydrogen-bond donors (Lipinski definition) is 0. The second-order valence-corrected chi connectivity index (χ2v) is 8.51. The number of halogens is 2. The lowest BCUT2D eigenvalue weighted by Crippen LogP contribution is -3.00. The van der Waals surface area contributed by atoms with Crippen molar-refractivity contribution in [2.24, 2.45) is 5.92 Å². The van der Waals surface area contributed by atoms with Crippen LogP contribution in [0, 0.1) is 5.92 Å². The number of aromatic nitrogens is 1. The molecule has 0 N–H and O–H groups in total. The number of ketones is 2. The van der Waals surface area contributed by atoms with Crippen LogP contribution in [-0.4, -0.2) is 18.7 Å². The number of rotatable bonds is 6. The Morgan fingerprint density at radius 2 is 2.00 bits per heavy atom. The predicted molar refractivity (Wildman–Crippen MR) is 120 cm³/mol. The van der Waals surface area contributed by atoms with Gasteiger partial charge in [-0.2, -0.15) is 0 Å². The van der Waals surface area contributed by atoms with E-state index >= 15 is 0 Å². The van der Waals surface area contributed by atoms with Crippen LogP contribution in [0.1, 0.15) is 50.8 Å². The van der Waals surface area contributed by atoms with Gasteiger partial charge in [0.25, 0.3) is 0 Å². The number of pyridine rings is 1. The minimum Gasteiger partial charge on any atom is -1.00 e. The van der Waals surface area contributed by atoms with Crippen LogP contribution in [0.25, 0.3) is 0 Å². The van der Waals surface area contributed by atoms with Gasteiger partial charge in [0.1, 0.15) is 5.75 Å². The molecule has 1 aromatic heterocycles. The summed E-state index contributed by atoms with van der Waals surface area (Å²) in [7, 11) is 1.63. The Morgan fingerprint density at radius 3 is 2.72 bits per heavy atom. The predicted octanol–water partition coefficient (Wildman–Crippen LogP) is 1.88. The molecule has 1 aliphatic rings. The van der Waals surface area contributed by atoms with Gasteiger partial charge in [-0.05, 0) is 67.6 Å². The van der Waals surface area contributed by atoms with Gasteiger partial charge in [-0.25, -0.2) is 4.57 Å². The lowest BCUT2D eigenvalue weighted by atomic mass is 9.79. The van der Waals surface area contributed by atoms with Crippen LogP contribution in [0.4, 0.5) is 0 Å². The molecule has 4 rings (SSSR count). The van der Waals surface area contributed by atoms with E-state index in [0.29, 0.717) is 23.6 Å². The number of Topliss-reactive ketones (excluding diaryl/α,β-unsaturated/α-hetero) is 2. The Kier molecular flexibility index (Phi) is 7.86. The Hall–Kier alpha value is -2.50. The number of fused-ring (bicyclic) bond motifs is 1. The first-order valence-corrected chi connectivity index (χ1v) is 10.8. The molecular formula is C26H25BrClNO3. The average Bonchev–Trinajstić information content (AvgIpc) is 2.76. The first kappa shape index (κ1) is 24.1. The van der Waals surface area contributed by atoms with Gasteiger partial charge < -0.3 is 21.7 Å². The first-order valence-electron chi connectivity index (χ1n) is 10.4. The van der Waals surface area contributed by atoms with Gasteiger partial charge in [-0.1, -0.05) is 23.7 Å². The van der Waals surface area contributed by atoms with E-state index in [-0.39, 0.29) is 34.5 Å². The molecule has 4 nitrogen and oxygen atoms in total. The fourth-order valence-electron chi connectivity index (χ4n) is 4.29. The molecule has 0 saturated heterocycles. The van der Waals surface area contributed by atoms with Gasteiger partial charge >= 0.3 is 0 Å². The van der Waals surface area contributed by atoms with Crippen molar-refractivity contribution >= 4 is 23.2 Å². The summed E-state index contributed by atoms with van der Waals surface area (Å²) >= 11 is 6.09. The smallest absolute Gasteiger partial charge is 0.180 e. The molecule has 1 heterocycles. The van der Waals surface area contributed by atoms with Crippen molar-refractivity contribution in [3.63, 3.8) is 0 Å². The molecule has 1 atom stereocenters. The highest BCUT2D eigenvalue weighted by Crippen LogP contribution is 2.31. The van der Waals surface area contributed by atoms with Gasteiger partial charge in [0.15, 0.2) is 30.5 Å². The van der Waals surface area contributed by atoms with Gasteiger partial charge in [0, 0.05) is 28.1 Å². The summed E-state index contributed by atoms with van der Waals surface area (Å²) in [5.41, 5.74) is 4.46. The summed E-state index contributed by atoms with van der Waals surface area (Å²) < 4.78 is 7.26. The standard InChI is InChI=1S/C26H25ClNO3.BrH/c1-17(29)25-16-28(15-18-4-3-5-22(27)12-18)11-10-20(25)13-21-7-6-19-14-23(31-2)8-9-24(19)26(21)30;/h3-5,8-12,14,16,21H,6-7,13,15H2,1-2H3;1H/q+1;/p-1. The number of aryl methyl sites for hydroxylation is 1. The maximum atomic E-state index is 13.1. The van der Waals surface area contributed by atoms with Crippen LogP contribution in [0.5, 0.6) is 5.75 Å². The number of hydrogen-bond acceptors (Lipinski definition) is 3.